The maximum absolute atomic E-state index is 11.7. The van der Waals surface area contributed by atoms with Crippen molar-refractivity contribution in [2.75, 3.05) is 27.2 Å². The van der Waals surface area contributed by atoms with Crippen LogP contribution in [0, 0.1) is 0 Å². The number of aliphatic imine (C=N–C) groups is 1. The van der Waals surface area contributed by atoms with Crippen molar-refractivity contribution in [3.63, 3.8) is 0 Å². The number of hydrogen-bond donors (Lipinski definition) is 2. The molecule has 0 aliphatic rings. The van der Waals surface area contributed by atoms with Crippen LogP contribution in [0.2, 0.25) is 0 Å². The first-order valence-corrected chi connectivity index (χ1v) is 9.79. The molecule has 9 nitrogen and oxygen atoms in total. The van der Waals surface area contributed by atoms with E-state index in [0.29, 0.717) is 24.8 Å². The van der Waals surface area contributed by atoms with E-state index >= 15 is 0 Å². The molecule has 0 bridgehead atoms. The van der Waals surface area contributed by atoms with Gasteiger partial charge in [-0.15, -0.1) is 34.2 Å². The van der Waals surface area contributed by atoms with Gasteiger partial charge in [0.1, 0.15) is 5.75 Å². The van der Waals surface area contributed by atoms with Crippen LogP contribution >= 0.6 is 24.0 Å². The van der Waals surface area contributed by atoms with Crippen LogP contribution in [0.15, 0.2) is 53.7 Å². The molecule has 0 aliphatic carbocycles. The number of halogens is 1. The number of rotatable bonds is 8. The average molecular weight is 537 g/mol. The van der Waals surface area contributed by atoms with Gasteiger partial charge in [0.15, 0.2) is 24.0 Å². The Kier molecular flexibility index (Phi) is 9.50. The summed E-state index contributed by atoms with van der Waals surface area (Å²) in [6, 6.07) is 13.4. The van der Waals surface area contributed by atoms with E-state index in [1.54, 1.807) is 14.1 Å². The van der Waals surface area contributed by atoms with E-state index in [2.05, 4.69) is 25.8 Å². The largest absolute Gasteiger partial charge is 0.484 e. The van der Waals surface area contributed by atoms with Crippen molar-refractivity contribution >= 4 is 41.5 Å². The number of amides is 1. The van der Waals surface area contributed by atoms with Gasteiger partial charge in [-0.25, -0.2) is 4.99 Å². The first-order valence-electron chi connectivity index (χ1n) is 9.79. The van der Waals surface area contributed by atoms with Gasteiger partial charge in [-0.05, 0) is 36.8 Å². The van der Waals surface area contributed by atoms with Crippen LogP contribution in [0.3, 0.4) is 0 Å². The number of benzene rings is 1. The molecule has 0 fully saturated rings. The van der Waals surface area contributed by atoms with Crippen LogP contribution in [0.1, 0.15) is 18.3 Å². The van der Waals surface area contributed by atoms with Gasteiger partial charge in [0.05, 0.1) is 13.1 Å². The van der Waals surface area contributed by atoms with Crippen molar-refractivity contribution < 1.29 is 9.53 Å². The number of nitrogens with zero attached hydrogens (tertiary/aromatic N) is 5. The summed E-state index contributed by atoms with van der Waals surface area (Å²) in [6.45, 7) is 3.72. The third-order valence-corrected chi connectivity index (χ3v) is 4.32. The zero-order valence-electron chi connectivity index (χ0n) is 17.9. The Balaban J connectivity index is 0.00000341. The molecule has 1 amide bonds. The first-order chi connectivity index (χ1) is 14.6. The van der Waals surface area contributed by atoms with E-state index in [9.17, 15) is 4.79 Å². The van der Waals surface area contributed by atoms with Crippen LogP contribution in [0.5, 0.6) is 5.75 Å². The van der Waals surface area contributed by atoms with Crippen LogP contribution in [0.25, 0.3) is 5.65 Å². The molecule has 31 heavy (non-hydrogen) atoms. The molecule has 2 aromatic heterocycles. The predicted octanol–water partition coefficient (Wildman–Crippen LogP) is 2.07. The third kappa shape index (κ3) is 7.09. The zero-order chi connectivity index (χ0) is 21.3. The summed E-state index contributed by atoms with van der Waals surface area (Å²) in [5.74, 6) is 2.04. The fourth-order valence-electron chi connectivity index (χ4n) is 2.69. The molecule has 0 aliphatic heterocycles. The number of ether oxygens (including phenoxy) is 1. The van der Waals surface area contributed by atoms with Crippen LogP contribution in [0.4, 0.5) is 0 Å². The molecule has 10 heteroatoms. The molecule has 0 saturated carbocycles. The van der Waals surface area contributed by atoms with E-state index in [1.165, 1.54) is 4.90 Å². The van der Waals surface area contributed by atoms with Gasteiger partial charge in [-0.3, -0.25) is 9.20 Å². The fraction of sp³-hybridized carbons (Fsp3) is 0.333. The molecule has 0 atom stereocenters. The molecule has 0 spiro atoms. The Morgan fingerprint density at radius 2 is 2.00 bits per heavy atom. The molecule has 3 aromatic rings. The molecule has 0 radical (unpaired) electrons. The van der Waals surface area contributed by atoms with Gasteiger partial charge < -0.3 is 20.3 Å². The molecular weight excluding hydrogens is 509 g/mol. The SMILES string of the molecule is CCNC(=NCc1cccc(OCC(=O)N(C)C)c1)NCc1nnc2ccccn12.I. The highest BCUT2D eigenvalue weighted by Crippen LogP contribution is 2.14. The topological polar surface area (TPSA) is 96.2 Å². The lowest BCUT2D eigenvalue weighted by atomic mass is 10.2. The Morgan fingerprint density at radius 1 is 1.16 bits per heavy atom. The molecule has 166 valence electrons. The number of likely N-dealkylation sites (N-methyl/N-ethyl adjacent to an activating group) is 1. The Morgan fingerprint density at radius 3 is 2.77 bits per heavy atom. The minimum Gasteiger partial charge on any atom is -0.484 e. The number of guanidine groups is 1. The van der Waals surface area contributed by atoms with E-state index in [4.69, 9.17) is 4.74 Å². The number of pyridine rings is 1. The van der Waals surface area contributed by atoms with E-state index in [0.717, 1.165) is 23.6 Å². The second-order valence-electron chi connectivity index (χ2n) is 6.82. The lowest BCUT2D eigenvalue weighted by Crippen LogP contribution is -2.37. The van der Waals surface area contributed by atoms with Gasteiger partial charge >= 0.3 is 0 Å². The second kappa shape index (κ2) is 12.1. The zero-order valence-corrected chi connectivity index (χ0v) is 20.2. The number of fused-ring (bicyclic) bond motifs is 1. The minimum absolute atomic E-state index is 0. The summed E-state index contributed by atoms with van der Waals surface area (Å²) in [5.41, 5.74) is 1.79. The molecule has 2 N–H and O–H groups in total. The van der Waals surface area contributed by atoms with Gasteiger partial charge in [0.25, 0.3) is 5.91 Å². The normalized spacial score (nSPS) is 11.0. The van der Waals surface area contributed by atoms with Gasteiger partial charge in [-0.1, -0.05) is 18.2 Å². The maximum Gasteiger partial charge on any atom is 0.259 e. The van der Waals surface area contributed by atoms with Crippen LogP contribution in [-0.4, -0.2) is 58.6 Å². The molecular formula is C21H28IN7O2. The summed E-state index contributed by atoms with van der Waals surface area (Å²) in [7, 11) is 3.41. The average Bonchev–Trinajstić information content (AvgIpc) is 3.17. The third-order valence-electron chi connectivity index (χ3n) is 4.32. The highest BCUT2D eigenvalue weighted by Gasteiger charge is 2.07. The lowest BCUT2D eigenvalue weighted by Gasteiger charge is -2.12. The van der Waals surface area contributed by atoms with E-state index in [1.807, 2.05) is 60.0 Å². The minimum atomic E-state index is -0.0851. The number of carbonyl (C=O) groups excluding carboxylic acids is 1. The van der Waals surface area contributed by atoms with Gasteiger partial charge in [-0.2, -0.15) is 0 Å². The van der Waals surface area contributed by atoms with Crippen molar-refractivity contribution in [1.82, 2.24) is 30.1 Å². The fourth-order valence-corrected chi connectivity index (χ4v) is 2.69. The standard InChI is InChI=1S/C21H27N7O2.HI/c1-4-22-21(24-14-19-26-25-18-10-5-6-11-28(18)19)23-13-16-8-7-9-17(12-16)30-15-20(29)27(2)3;/h5-12H,4,13-15H2,1-3H3,(H2,22,23,24);1H. The number of aromatic nitrogens is 3. The smallest absolute Gasteiger partial charge is 0.259 e. The Labute approximate surface area is 198 Å². The second-order valence-corrected chi connectivity index (χ2v) is 6.82. The van der Waals surface area contributed by atoms with Crippen molar-refractivity contribution in [2.45, 2.75) is 20.0 Å². The summed E-state index contributed by atoms with van der Waals surface area (Å²) in [5, 5.41) is 14.9. The Hall–Kier alpha value is -2.89. The van der Waals surface area contributed by atoms with Gasteiger partial charge in [0, 0.05) is 26.8 Å². The summed E-state index contributed by atoms with van der Waals surface area (Å²) in [4.78, 5) is 17.8. The molecule has 0 saturated heterocycles. The summed E-state index contributed by atoms with van der Waals surface area (Å²) in [6.07, 6.45) is 1.93. The van der Waals surface area contributed by atoms with E-state index in [-0.39, 0.29) is 36.5 Å². The predicted molar refractivity (Wildman–Crippen MR) is 131 cm³/mol. The first kappa shape index (κ1) is 24.4. The molecule has 2 heterocycles. The van der Waals surface area contributed by atoms with Crippen molar-refractivity contribution in [3.8, 4) is 5.75 Å². The Bertz CT molecular complexity index is 1020. The van der Waals surface area contributed by atoms with E-state index < -0.39 is 0 Å². The molecule has 3 rings (SSSR count). The number of carbonyl (C=O) groups is 1. The van der Waals surface area contributed by atoms with Crippen molar-refractivity contribution in [3.05, 3.63) is 60.0 Å². The van der Waals surface area contributed by atoms with Crippen molar-refractivity contribution in [2.24, 2.45) is 4.99 Å². The maximum atomic E-state index is 11.7. The monoisotopic (exact) mass is 537 g/mol. The molecule has 1 aromatic carbocycles. The van der Waals surface area contributed by atoms with Crippen molar-refractivity contribution in [1.29, 1.82) is 0 Å². The lowest BCUT2D eigenvalue weighted by molar-refractivity contribution is -0.130. The number of nitrogens with one attached hydrogen (secondary N) is 2. The highest BCUT2D eigenvalue weighted by molar-refractivity contribution is 14.0. The number of hydrogen-bond acceptors (Lipinski definition) is 5. The quantitative estimate of drug-likeness (QED) is 0.260. The summed E-state index contributed by atoms with van der Waals surface area (Å²) >= 11 is 0. The van der Waals surface area contributed by atoms with Crippen LogP contribution < -0.4 is 15.4 Å². The van der Waals surface area contributed by atoms with Crippen LogP contribution in [-0.2, 0) is 17.9 Å². The summed E-state index contributed by atoms with van der Waals surface area (Å²) < 4.78 is 7.51. The van der Waals surface area contributed by atoms with Gasteiger partial charge in [0.2, 0.25) is 0 Å². The molecule has 0 unspecified atom stereocenters. The highest BCUT2D eigenvalue weighted by atomic mass is 127.